The zero-order valence-corrected chi connectivity index (χ0v) is 9.03. The molecule has 0 saturated carbocycles. The van der Waals surface area contributed by atoms with Crippen LogP contribution in [0.25, 0.3) is 11.0 Å². The Labute approximate surface area is 89.7 Å². The van der Waals surface area contributed by atoms with Gasteiger partial charge in [0.05, 0.1) is 17.4 Å². The number of nitrogens with zero attached hydrogens (tertiary/aromatic N) is 1. The molecule has 3 nitrogen and oxygen atoms in total. The summed E-state index contributed by atoms with van der Waals surface area (Å²) < 4.78 is 0. The molecular weight excluding hydrogens is 186 g/mol. The Bertz CT molecular complexity index is 433. The summed E-state index contributed by atoms with van der Waals surface area (Å²) in [7, 11) is 0. The second-order valence-corrected chi connectivity index (χ2v) is 4.14. The van der Waals surface area contributed by atoms with Crippen LogP contribution in [0.3, 0.4) is 0 Å². The number of rotatable bonds is 4. The molecule has 0 radical (unpaired) electrons. The largest absolute Gasteiger partial charge is 0.345 e. The summed E-state index contributed by atoms with van der Waals surface area (Å²) in [6.07, 6.45) is 3.91. The normalized spacial score (nSPS) is 13.2. The Balaban J connectivity index is 2.14. The molecule has 3 heteroatoms. The predicted molar refractivity (Wildman–Crippen MR) is 62.6 cm³/mol. The van der Waals surface area contributed by atoms with E-state index in [1.54, 1.807) is 6.33 Å². The van der Waals surface area contributed by atoms with Gasteiger partial charge in [-0.15, -0.1) is 0 Å². The minimum absolute atomic E-state index is 0.648. The molecule has 1 atom stereocenters. The lowest BCUT2D eigenvalue weighted by molar-refractivity contribution is 0.539. The van der Waals surface area contributed by atoms with Crippen LogP contribution < -0.4 is 5.73 Å². The molecule has 0 fully saturated rings. The number of benzene rings is 1. The standard InChI is InChI=1S/C12H17N3/c1-9(4-5-13)6-10-2-3-11-12(7-10)15-8-14-11/h2-3,7-9H,4-6,13H2,1H3,(H,14,15). The van der Waals surface area contributed by atoms with Crippen molar-refractivity contribution in [3.63, 3.8) is 0 Å². The lowest BCUT2D eigenvalue weighted by atomic mass is 9.98. The molecule has 0 saturated heterocycles. The summed E-state index contributed by atoms with van der Waals surface area (Å²) in [5.41, 5.74) is 9.05. The van der Waals surface area contributed by atoms with Gasteiger partial charge in [-0.1, -0.05) is 13.0 Å². The topological polar surface area (TPSA) is 54.7 Å². The van der Waals surface area contributed by atoms with Crippen LogP contribution in [0, 0.1) is 5.92 Å². The van der Waals surface area contributed by atoms with Gasteiger partial charge in [-0.3, -0.25) is 0 Å². The number of fused-ring (bicyclic) bond motifs is 1. The van der Waals surface area contributed by atoms with Crippen LogP contribution in [-0.4, -0.2) is 16.5 Å². The Morgan fingerprint density at radius 3 is 3.13 bits per heavy atom. The van der Waals surface area contributed by atoms with Crippen molar-refractivity contribution in [2.75, 3.05) is 6.54 Å². The average molecular weight is 203 g/mol. The Hall–Kier alpha value is -1.35. The molecule has 0 aliphatic rings. The Kier molecular flexibility index (Phi) is 3.02. The second kappa shape index (κ2) is 4.45. The van der Waals surface area contributed by atoms with Gasteiger partial charge >= 0.3 is 0 Å². The lowest BCUT2D eigenvalue weighted by Crippen LogP contribution is -2.07. The SMILES string of the molecule is CC(CCN)Cc1ccc2nc[nH]c2c1. The van der Waals surface area contributed by atoms with E-state index in [-0.39, 0.29) is 0 Å². The van der Waals surface area contributed by atoms with Crippen molar-refractivity contribution in [3.05, 3.63) is 30.1 Å². The summed E-state index contributed by atoms with van der Waals surface area (Å²) in [5, 5.41) is 0. The number of aromatic amines is 1. The molecule has 1 aromatic heterocycles. The number of H-pyrrole nitrogens is 1. The molecule has 2 rings (SSSR count). The van der Waals surface area contributed by atoms with Crippen molar-refractivity contribution in [1.29, 1.82) is 0 Å². The first-order valence-electron chi connectivity index (χ1n) is 5.41. The van der Waals surface area contributed by atoms with Crippen molar-refractivity contribution in [1.82, 2.24) is 9.97 Å². The van der Waals surface area contributed by atoms with E-state index in [1.165, 1.54) is 5.56 Å². The third kappa shape index (κ3) is 2.36. The third-order valence-electron chi connectivity index (χ3n) is 2.73. The lowest BCUT2D eigenvalue weighted by Gasteiger charge is -2.09. The zero-order valence-electron chi connectivity index (χ0n) is 9.03. The van der Waals surface area contributed by atoms with Gasteiger partial charge < -0.3 is 10.7 Å². The highest BCUT2D eigenvalue weighted by Crippen LogP contribution is 2.16. The minimum atomic E-state index is 0.648. The summed E-state index contributed by atoms with van der Waals surface area (Å²) >= 11 is 0. The molecule has 0 amide bonds. The maximum absolute atomic E-state index is 5.54. The Morgan fingerprint density at radius 1 is 1.47 bits per heavy atom. The first kappa shape index (κ1) is 10.2. The highest BCUT2D eigenvalue weighted by Gasteiger charge is 2.04. The van der Waals surface area contributed by atoms with Gasteiger partial charge in [0.25, 0.3) is 0 Å². The van der Waals surface area contributed by atoms with Gasteiger partial charge in [-0.05, 0) is 43.0 Å². The van der Waals surface area contributed by atoms with Gasteiger partial charge in [-0.25, -0.2) is 4.98 Å². The monoisotopic (exact) mass is 203 g/mol. The molecule has 80 valence electrons. The van der Waals surface area contributed by atoms with E-state index in [4.69, 9.17) is 5.73 Å². The number of nitrogens with two attached hydrogens (primary N) is 1. The summed E-state index contributed by atoms with van der Waals surface area (Å²) in [6.45, 7) is 3.01. The van der Waals surface area contributed by atoms with E-state index < -0.39 is 0 Å². The van der Waals surface area contributed by atoms with Crippen LogP contribution >= 0.6 is 0 Å². The van der Waals surface area contributed by atoms with Crippen molar-refractivity contribution >= 4 is 11.0 Å². The first-order valence-corrected chi connectivity index (χ1v) is 5.41. The number of imidazole rings is 1. The molecule has 1 aromatic carbocycles. The first-order chi connectivity index (χ1) is 7.29. The van der Waals surface area contributed by atoms with Crippen LogP contribution in [0.4, 0.5) is 0 Å². The molecule has 3 N–H and O–H groups in total. The molecule has 15 heavy (non-hydrogen) atoms. The number of aromatic nitrogens is 2. The maximum Gasteiger partial charge on any atom is 0.0931 e. The smallest absolute Gasteiger partial charge is 0.0931 e. The fraction of sp³-hybridized carbons (Fsp3) is 0.417. The third-order valence-corrected chi connectivity index (χ3v) is 2.73. The van der Waals surface area contributed by atoms with Crippen molar-refractivity contribution in [2.45, 2.75) is 19.8 Å². The number of hydrogen-bond acceptors (Lipinski definition) is 2. The fourth-order valence-corrected chi connectivity index (χ4v) is 1.90. The molecule has 1 heterocycles. The molecule has 0 spiro atoms. The fourth-order valence-electron chi connectivity index (χ4n) is 1.90. The Morgan fingerprint density at radius 2 is 2.33 bits per heavy atom. The maximum atomic E-state index is 5.54. The van der Waals surface area contributed by atoms with Crippen molar-refractivity contribution < 1.29 is 0 Å². The van der Waals surface area contributed by atoms with E-state index in [2.05, 4.69) is 35.1 Å². The quantitative estimate of drug-likeness (QED) is 0.799. The number of nitrogens with one attached hydrogen (secondary N) is 1. The van der Waals surface area contributed by atoms with E-state index in [9.17, 15) is 0 Å². The molecule has 0 aliphatic carbocycles. The van der Waals surface area contributed by atoms with E-state index in [0.717, 1.165) is 30.4 Å². The van der Waals surface area contributed by atoms with Crippen molar-refractivity contribution in [3.8, 4) is 0 Å². The van der Waals surface area contributed by atoms with Crippen LogP contribution in [0.1, 0.15) is 18.9 Å². The predicted octanol–water partition coefficient (Wildman–Crippen LogP) is 2.09. The molecule has 1 unspecified atom stereocenters. The molecule has 0 aliphatic heterocycles. The van der Waals surface area contributed by atoms with Gasteiger partial charge in [-0.2, -0.15) is 0 Å². The summed E-state index contributed by atoms with van der Waals surface area (Å²) in [5.74, 6) is 0.648. The second-order valence-electron chi connectivity index (χ2n) is 4.14. The highest BCUT2D eigenvalue weighted by molar-refractivity contribution is 5.75. The average Bonchev–Trinajstić information content (AvgIpc) is 2.65. The van der Waals surface area contributed by atoms with Crippen LogP contribution in [0.5, 0.6) is 0 Å². The van der Waals surface area contributed by atoms with Gasteiger partial charge in [0.15, 0.2) is 0 Å². The van der Waals surface area contributed by atoms with Crippen molar-refractivity contribution in [2.24, 2.45) is 11.7 Å². The minimum Gasteiger partial charge on any atom is -0.345 e. The molecular formula is C12H17N3. The van der Waals surface area contributed by atoms with Crippen LogP contribution in [-0.2, 0) is 6.42 Å². The zero-order chi connectivity index (χ0) is 10.7. The van der Waals surface area contributed by atoms with Gasteiger partial charge in [0.1, 0.15) is 0 Å². The van der Waals surface area contributed by atoms with E-state index >= 15 is 0 Å². The molecule has 0 bridgehead atoms. The number of hydrogen-bond donors (Lipinski definition) is 2. The van der Waals surface area contributed by atoms with Crippen LogP contribution in [0.15, 0.2) is 24.5 Å². The summed E-state index contributed by atoms with van der Waals surface area (Å²) in [4.78, 5) is 7.33. The van der Waals surface area contributed by atoms with Gasteiger partial charge in [0, 0.05) is 0 Å². The van der Waals surface area contributed by atoms with Gasteiger partial charge in [0.2, 0.25) is 0 Å². The van der Waals surface area contributed by atoms with Crippen LogP contribution in [0.2, 0.25) is 0 Å². The van der Waals surface area contributed by atoms with E-state index in [0.29, 0.717) is 5.92 Å². The highest BCUT2D eigenvalue weighted by atomic mass is 14.9. The van der Waals surface area contributed by atoms with E-state index in [1.807, 2.05) is 0 Å². The summed E-state index contributed by atoms with van der Waals surface area (Å²) in [6, 6.07) is 6.39. The molecule has 2 aromatic rings.